The molecule has 3 rings (SSSR count). The normalized spacial score (nSPS) is 11.2. The van der Waals surface area contributed by atoms with Crippen molar-refractivity contribution >= 4 is 38.2 Å². The molecule has 7 nitrogen and oxygen atoms in total. The molecule has 2 aromatic carbocycles. The van der Waals surface area contributed by atoms with Crippen LogP contribution in [0, 0.1) is 5.82 Å². The Hall–Kier alpha value is -2.98. The van der Waals surface area contributed by atoms with Gasteiger partial charge in [-0.2, -0.15) is 0 Å². The molecule has 2 amide bonds. The van der Waals surface area contributed by atoms with Gasteiger partial charge in [-0.05, 0) is 48.4 Å². The van der Waals surface area contributed by atoms with Crippen LogP contribution in [-0.4, -0.2) is 32.2 Å². The monoisotopic (exact) mass is 462 g/mol. The van der Waals surface area contributed by atoms with E-state index in [1.54, 1.807) is 36.4 Å². The van der Waals surface area contributed by atoms with Gasteiger partial charge in [-0.15, -0.1) is 0 Å². The summed E-state index contributed by atoms with van der Waals surface area (Å²) in [4.78, 5) is 17.4. The maximum absolute atomic E-state index is 13.4. The summed E-state index contributed by atoms with van der Waals surface area (Å²) in [7, 11) is -3.38. The minimum Gasteiger partial charge on any atom is -0.338 e. The smallest absolute Gasteiger partial charge is 0.321 e. The topological polar surface area (TPSA) is 100 Å². The molecule has 10 heteroatoms. The number of hydrogen-bond acceptors (Lipinski definition) is 5. The van der Waals surface area contributed by atoms with Crippen molar-refractivity contribution < 1.29 is 17.6 Å². The zero-order valence-electron chi connectivity index (χ0n) is 17.1. The highest BCUT2D eigenvalue weighted by atomic mass is 32.2. The fraction of sp³-hybridized carbons (Fsp3) is 0.238. The molecule has 1 aromatic heterocycles. The molecular formula is C21H23FN4O3S2. The Morgan fingerprint density at radius 3 is 2.32 bits per heavy atom. The third-order valence-electron chi connectivity index (χ3n) is 4.23. The van der Waals surface area contributed by atoms with Gasteiger partial charge in [0.25, 0.3) is 0 Å². The number of carbonyl (C=O) groups excluding carboxylic acids is 1. The molecule has 0 aliphatic rings. The molecule has 0 radical (unpaired) electrons. The summed E-state index contributed by atoms with van der Waals surface area (Å²) >= 11 is 1.28. The largest absolute Gasteiger partial charge is 0.338 e. The zero-order chi connectivity index (χ0) is 22.4. The summed E-state index contributed by atoms with van der Waals surface area (Å²) in [6.07, 6.45) is 2.94. The first kappa shape index (κ1) is 22.7. The Labute approximate surface area is 184 Å². The van der Waals surface area contributed by atoms with Crippen molar-refractivity contribution in [1.29, 1.82) is 0 Å². The highest BCUT2D eigenvalue weighted by molar-refractivity contribution is 7.92. The van der Waals surface area contributed by atoms with Crippen molar-refractivity contribution in [3.05, 3.63) is 54.3 Å². The van der Waals surface area contributed by atoms with Crippen LogP contribution in [0.2, 0.25) is 0 Å². The van der Waals surface area contributed by atoms with Gasteiger partial charge in [-0.25, -0.2) is 22.6 Å². The van der Waals surface area contributed by atoms with Gasteiger partial charge in [0.15, 0.2) is 5.13 Å². The SMILES string of the molecule is CCCCNC(=O)Nc1nc(-c2ccc(F)cc2)c(-c2ccc(NS(C)(=O)=O)cc2)s1. The summed E-state index contributed by atoms with van der Waals surface area (Å²) in [6, 6.07) is 12.4. The average Bonchev–Trinajstić information content (AvgIpc) is 3.11. The van der Waals surface area contributed by atoms with E-state index in [-0.39, 0.29) is 11.8 Å². The van der Waals surface area contributed by atoms with E-state index in [0.717, 1.165) is 29.5 Å². The lowest BCUT2D eigenvalue weighted by molar-refractivity contribution is 0.252. The van der Waals surface area contributed by atoms with E-state index in [1.165, 1.54) is 23.5 Å². The number of amides is 2. The van der Waals surface area contributed by atoms with E-state index in [2.05, 4.69) is 20.3 Å². The molecular weight excluding hydrogens is 439 g/mol. The lowest BCUT2D eigenvalue weighted by Gasteiger charge is -2.06. The number of thiazole rings is 1. The highest BCUT2D eigenvalue weighted by Gasteiger charge is 2.17. The van der Waals surface area contributed by atoms with E-state index >= 15 is 0 Å². The Morgan fingerprint density at radius 2 is 1.71 bits per heavy atom. The number of aromatic nitrogens is 1. The minimum absolute atomic E-state index is 0.341. The predicted octanol–water partition coefficient (Wildman–Crippen LogP) is 4.91. The number of carbonyl (C=O) groups is 1. The second-order valence-electron chi connectivity index (χ2n) is 6.89. The lowest BCUT2D eigenvalue weighted by Crippen LogP contribution is -2.29. The number of hydrogen-bond donors (Lipinski definition) is 3. The van der Waals surface area contributed by atoms with Crippen molar-refractivity contribution in [3.8, 4) is 21.7 Å². The van der Waals surface area contributed by atoms with E-state index in [9.17, 15) is 17.6 Å². The molecule has 1 heterocycles. The van der Waals surface area contributed by atoms with Crippen LogP contribution in [0.25, 0.3) is 21.7 Å². The van der Waals surface area contributed by atoms with Gasteiger partial charge in [0.1, 0.15) is 5.82 Å². The first-order chi connectivity index (χ1) is 14.7. The fourth-order valence-electron chi connectivity index (χ4n) is 2.80. The average molecular weight is 463 g/mol. The predicted molar refractivity (Wildman–Crippen MR) is 123 cm³/mol. The zero-order valence-corrected chi connectivity index (χ0v) is 18.7. The summed E-state index contributed by atoms with van der Waals surface area (Å²) < 4.78 is 38.7. The van der Waals surface area contributed by atoms with Crippen LogP contribution in [0.3, 0.4) is 0 Å². The van der Waals surface area contributed by atoms with E-state index in [0.29, 0.717) is 28.6 Å². The van der Waals surface area contributed by atoms with Crippen LogP contribution < -0.4 is 15.4 Å². The molecule has 164 valence electrons. The van der Waals surface area contributed by atoms with Gasteiger partial charge in [-0.3, -0.25) is 10.0 Å². The molecule has 0 bridgehead atoms. The third kappa shape index (κ3) is 6.50. The van der Waals surface area contributed by atoms with Crippen molar-refractivity contribution in [2.45, 2.75) is 19.8 Å². The number of nitrogens with zero attached hydrogens (tertiary/aromatic N) is 1. The van der Waals surface area contributed by atoms with Crippen LogP contribution in [0.1, 0.15) is 19.8 Å². The number of halogens is 1. The number of nitrogens with one attached hydrogen (secondary N) is 3. The molecule has 0 saturated heterocycles. The summed E-state index contributed by atoms with van der Waals surface area (Å²) in [5, 5.41) is 5.93. The van der Waals surface area contributed by atoms with Gasteiger partial charge < -0.3 is 5.32 Å². The van der Waals surface area contributed by atoms with Gasteiger partial charge >= 0.3 is 6.03 Å². The molecule has 0 unspecified atom stereocenters. The van der Waals surface area contributed by atoms with Crippen LogP contribution in [-0.2, 0) is 10.0 Å². The van der Waals surface area contributed by atoms with E-state index in [4.69, 9.17) is 0 Å². The molecule has 0 fully saturated rings. The minimum atomic E-state index is -3.38. The van der Waals surface area contributed by atoms with Crippen LogP contribution in [0.5, 0.6) is 0 Å². The van der Waals surface area contributed by atoms with Crippen LogP contribution in [0.15, 0.2) is 48.5 Å². The molecule has 0 atom stereocenters. The summed E-state index contributed by atoms with van der Waals surface area (Å²) in [5.41, 5.74) is 2.52. The van der Waals surface area contributed by atoms with Gasteiger partial charge in [0.05, 0.1) is 16.8 Å². The number of urea groups is 1. The molecule has 3 aromatic rings. The first-order valence-electron chi connectivity index (χ1n) is 9.65. The molecule has 31 heavy (non-hydrogen) atoms. The fourth-order valence-corrected chi connectivity index (χ4v) is 4.35. The Balaban J connectivity index is 1.92. The van der Waals surface area contributed by atoms with Crippen molar-refractivity contribution in [2.75, 3.05) is 22.8 Å². The van der Waals surface area contributed by atoms with Crippen LogP contribution in [0.4, 0.5) is 20.0 Å². The molecule has 0 aliphatic heterocycles. The molecule has 3 N–H and O–H groups in total. The second kappa shape index (κ2) is 9.88. The van der Waals surface area contributed by atoms with E-state index in [1.807, 2.05) is 6.92 Å². The molecule has 0 aliphatic carbocycles. The number of unbranched alkanes of at least 4 members (excludes halogenated alkanes) is 1. The lowest BCUT2D eigenvalue weighted by atomic mass is 10.1. The van der Waals surface area contributed by atoms with Gasteiger partial charge in [0.2, 0.25) is 10.0 Å². The Morgan fingerprint density at radius 1 is 1.06 bits per heavy atom. The number of sulfonamides is 1. The maximum Gasteiger partial charge on any atom is 0.321 e. The summed E-state index contributed by atoms with van der Waals surface area (Å²) in [6.45, 7) is 2.61. The number of rotatable bonds is 8. The molecule has 0 saturated carbocycles. The van der Waals surface area contributed by atoms with Crippen molar-refractivity contribution in [2.24, 2.45) is 0 Å². The van der Waals surface area contributed by atoms with Gasteiger partial charge in [0, 0.05) is 17.8 Å². The quantitative estimate of drug-likeness (QED) is 0.414. The number of benzene rings is 2. The van der Waals surface area contributed by atoms with Crippen molar-refractivity contribution in [1.82, 2.24) is 10.3 Å². The molecule has 0 spiro atoms. The van der Waals surface area contributed by atoms with Gasteiger partial charge in [-0.1, -0.05) is 36.8 Å². The maximum atomic E-state index is 13.4. The summed E-state index contributed by atoms with van der Waals surface area (Å²) in [5.74, 6) is -0.356. The third-order valence-corrected chi connectivity index (χ3v) is 5.86. The number of anilines is 2. The van der Waals surface area contributed by atoms with E-state index < -0.39 is 10.0 Å². The standard InChI is InChI=1S/C21H23FN4O3S2/c1-3-4-13-23-20(27)25-21-24-18(14-5-9-16(22)10-6-14)19(30-21)15-7-11-17(12-8-15)26-31(2,28)29/h5-12,26H,3-4,13H2,1-2H3,(H2,23,24,25,27). The van der Waals surface area contributed by atoms with Crippen molar-refractivity contribution in [3.63, 3.8) is 0 Å². The first-order valence-corrected chi connectivity index (χ1v) is 12.4. The second-order valence-corrected chi connectivity index (χ2v) is 9.64. The Bertz CT molecular complexity index is 1140. The Kier molecular flexibility index (Phi) is 7.24. The highest BCUT2D eigenvalue weighted by Crippen LogP contribution is 2.39. The van der Waals surface area contributed by atoms with Crippen LogP contribution >= 0.6 is 11.3 Å².